The van der Waals surface area contributed by atoms with Gasteiger partial charge in [0.25, 0.3) is 0 Å². The van der Waals surface area contributed by atoms with Crippen molar-refractivity contribution in [1.82, 2.24) is 14.9 Å². The highest BCUT2D eigenvalue weighted by atomic mass is 19.1. The van der Waals surface area contributed by atoms with Crippen molar-refractivity contribution in [2.45, 2.75) is 0 Å². The molecule has 0 aliphatic rings. The van der Waals surface area contributed by atoms with Crippen LogP contribution < -0.4 is 5.32 Å². The van der Waals surface area contributed by atoms with Crippen LogP contribution in [-0.2, 0) is 0 Å². The lowest BCUT2D eigenvalue weighted by atomic mass is 10.3. The Kier molecular flexibility index (Phi) is 3.05. The summed E-state index contributed by atoms with van der Waals surface area (Å²) in [5.41, 5.74) is 1.49. The van der Waals surface area contributed by atoms with Crippen LogP contribution in [0.15, 0.2) is 18.2 Å². The number of aromatic nitrogens is 2. The van der Waals surface area contributed by atoms with E-state index in [0.29, 0.717) is 11.5 Å². The first-order valence-electron chi connectivity index (χ1n) is 5.19. The minimum absolute atomic E-state index is 0.254. The predicted octanol–water partition coefficient (Wildman–Crippen LogP) is 1.68. The Bertz CT molecular complexity index is 478. The Morgan fingerprint density at radius 2 is 2.25 bits per heavy atom. The van der Waals surface area contributed by atoms with Crippen LogP contribution in [-0.4, -0.2) is 42.1 Å². The maximum absolute atomic E-state index is 12.9. The van der Waals surface area contributed by atoms with Crippen LogP contribution in [0.5, 0.6) is 0 Å². The first-order valence-corrected chi connectivity index (χ1v) is 5.19. The first-order chi connectivity index (χ1) is 7.65. The zero-order valence-corrected chi connectivity index (χ0v) is 9.42. The number of aromatic amines is 1. The van der Waals surface area contributed by atoms with E-state index in [9.17, 15) is 4.39 Å². The average molecular weight is 222 g/mol. The fourth-order valence-electron chi connectivity index (χ4n) is 1.46. The lowest BCUT2D eigenvalue weighted by Crippen LogP contribution is -2.21. The summed E-state index contributed by atoms with van der Waals surface area (Å²) < 4.78 is 12.9. The van der Waals surface area contributed by atoms with Gasteiger partial charge in [-0.15, -0.1) is 0 Å². The van der Waals surface area contributed by atoms with Gasteiger partial charge in [0.15, 0.2) is 0 Å². The van der Waals surface area contributed by atoms with Crippen LogP contribution in [0.25, 0.3) is 11.0 Å². The molecule has 4 nitrogen and oxygen atoms in total. The lowest BCUT2D eigenvalue weighted by molar-refractivity contribution is 0.425. The lowest BCUT2D eigenvalue weighted by Gasteiger charge is -2.08. The maximum Gasteiger partial charge on any atom is 0.201 e. The van der Waals surface area contributed by atoms with E-state index >= 15 is 0 Å². The molecule has 1 heterocycles. The summed E-state index contributed by atoms with van der Waals surface area (Å²) in [6.45, 7) is 1.72. The van der Waals surface area contributed by atoms with Crippen LogP contribution in [0.1, 0.15) is 0 Å². The number of anilines is 1. The average Bonchev–Trinajstić information content (AvgIpc) is 2.58. The van der Waals surface area contributed by atoms with E-state index in [2.05, 4.69) is 20.2 Å². The van der Waals surface area contributed by atoms with Gasteiger partial charge in [-0.05, 0) is 32.3 Å². The summed E-state index contributed by atoms with van der Waals surface area (Å²) >= 11 is 0. The van der Waals surface area contributed by atoms with Gasteiger partial charge in [0, 0.05) is 13.1 Å². The molecule has 0 aliphatic carbocycles. The molecule has 2 aromatic rings. The molecule has 5 heteroatoms. The summed E-state index contributed by atoms with van der Waals surface area (Å²) in [6.07, 6.45) is 0. The van der Waals surface area contributed by atoms with E-state index < -0.39 is 0 Å². The molecule has 0 saturated carbocycles. The van der Waals surface area contributed by atoms with Crippen molar-refractivity contribution in [1.29, 1.82) is 0 Å². The number of rotatable bonds is 4. The van der Waals surface area contributed by atoms with Crippen LogP contribution in [0.3, 0.4) is 0 Å². The van der Waals surface area contributed by atoms with Crippen LogP contribution in [0, 0.1) is 5.82 Å². The van der Waals surface area contributed by atoms with Gasteiger partial charge in [0.2, 0.25) is 5.95 Å². The van der Waals surface area contributed by atoms with E-state index in [4.69, 9.17) is 0 Å². The van der Waals surface area contributed by atoms with Crippen molar-refractivity contribution in [3.8, 4) is 0 Å². The quantitative estimate of drug-likeness (QED) is 0.827. The van der Waals surface area contributed by atoms with Gasteiger partial charge in [-0.2, -0.15) is 0 Å². The summed E-state index contributed by atoms with van der Waals surface area (Å²) in [6, 6.07) is 4.52. The molecule has 0 atom stereocenters. The molecule has 1 aromatic heterocycles. The van der Waals surface area contributed by atoms with E-state index in [0.717, 1.165) is 18.6 Å². The molecule has 2 N–H and O–H groups in total. The summed E-state index contributed by atoms with van der Waals surface area (Å²) in [5, 5.41) is 3.15. The van der Waals surface area contributed by atoms with Gasteiger partial charge < -0.3 is 15.2 Å². The normalized spacial score (nSPS) is 11.2. The van der Waals surface area contributed by atoms with Gasteiger partial charge in [-0.25, -0.2) is 9.37 Å². The minimum Gasteiger partial charge on any atom is -0.355 e. The standard InChI is InChI=1S/C11H15FN4/c1-16(2)6-5-13-11-14-9-4-3-8(12)7-10(9)15-11/h3-4,7H,5-6H2,1-2H3,(H2,13,14,15). The molecule has 0 radical (unpaired) electrons. The molecule has 86 valence electrons. The number of H-pyrrole nitrogens is 1. The fraction of sp³-hybridized carbons (Fsp3) is 0.364. The van der Waals surface area contributed by atoms with Gasteiger partial charge >= 0.3 is 0 Å². The fourth-order valence-corrected chi connectivity index (χ4v) is 1.46. The molecule has 0 fully saturated rings. The van der Waals surface area contributed by atoms with Crippen molar-refractivity contribution >= 4 is 17.0 Å². The van der Waals surface area contributed by atoms with E-state index in [1.54, 1.807) is 6.07 Å². The first kappa shape index (κ1) is 10.9. The molecule has 0 spiro atoms. The number of benzene rings is 1. The molecular formula is C11H15FN4. The Hall–Kier alpha value is -1.62. The minimum atomic E-state index is -0.254. The number of nitrogens with zero attached hydrogens (tertiary/aromatic N) is 2. The number of likely N-dealkylation sites (N-methyl/N-ethyl adjacent to an activating group) is 1. The number of fused-ring (bicyclic) bond motifs is 1. The van der Waals surface area contributed by atoms with Gasteiger partial charge in [0.05, 0.1) is 11.0 Å². The monoisotopic (exact) mass is 222 g/mol. The third-order valence-corrected chi connectivity index (χ3v) is 2.30. The molecule has 0 bridgehead atoms. The van der Waals surface area contributed by atoms with Crippen molar-refractivity contribution in [2.24, 2.45) is 0 Å². The van der Waals surface area contributed by atoms with Gasteiger partial charge in [0.1, 0.15) is 5.82 Å². The highest BCUT2D eigenvalue weighted by molar-refractivity contribution is 5.77. The molecule has 16 heavy (non-hydrogen) atoms. The Morgan fingerprint density at radius 3 is 3.00 bits per heavy atom. The highest BCUT2D eigenvalue weighted by Gasteiger charge is 2.02. The molecule has 0 unspecified atom stereocenters. The third-order valence-electron chi connectivity index (χ3n) is 2.30. The highest BCUT2D eigenvalue weighted by Crippen LogP contribution is 2.14. The number of imidazole rings is 1. The molecule has 0 aliphatic heterocycles. The second-order valence-corrected chi connectivity index (χ2v) is 3.98. The molecular weight excluding hydrogens is 207 g/mol. The van der Waals surface area contributed by atoms with Crippen LogP contribution in [0.4, 0.5) is 10.3 Å². The molecule has 2 rings (SSSR count). The Balaban J connectivity index is 2.08. The van der Waals surface area contributed by atoms with Crippen LogP contribution >= 0.6 is 0 Å². The number of hydrogen-bond acceptors (Lipinski definition) is 3. The van der Waals surface area contributed by atoms with Crippen molar-refractivity contribution in [3.63, 3.8) is 0 Å². The SMILES string of the molecule is CN(C)CCNc1nc2ccc(F)cc2[nH]1. The van der Waals surface area contributed by atoms with Crippen molar-refractivity contribution < 1.29 is 4.39 Å². The second kappa shape index (κ2) is 4.49. The van der Waals surface area contributed by atoms with E-state index in [1.807, 2.05) is 14.1 Å². The van der Waals surface area contributed by atoms with Gasteiger partial charge in [-0.1, -0.05) is 0 Å². The van der Waals surface area contributed by atoms with E-state index in [1.165, 1.54) is 12.1 Å². The summed E-state index contributed by atoms with van der Waals surface area (Å²) in [7, 11) is 4.02. The van der Waals surface area contributed by atoms with Crippen molar-refractivity contribution in [2.75, 3.05) is 32.5 Å². The smallest absolute Gasteiger partial charge is 0.201 e. The summed E-state index contributed by atoms with van der Waals surface area (Å²) in [4.78, 5) is 9.41. The zero-order chi connectivity index (χ0) is 11.5. The Labute approximate surface area is 93.5 Å². The van der Waals surface area contributed by atoms with Crippen LogP contribution in [0.2, 0.25) is 0 Å². The third kappa shape index (κ3) is 2.49. The molecule has 0 amide bonds. The van der Waals surface area contributed by atoms with E-state index in [-0.39, 0.29) is 5.82 Å². The second-order valence-electron chi connectivity index (χ2n) is 3.98. The summed E-state index contributed by atoms with van der Waals surface area (Å²) in [5.74, 6) is 0.429. The number of hydrogen-bond donors (Lipinski definition) is 2. The van der Waals surface area contributed by atoms with Crippen molar-refractivity contribution in [3.05, 3.63) is 24.0 Å². The van der Waals surface area contributed by atoms with Gasteiger partial charge in [-0.3, -0.25) is 0 Å². The predicted molar refractivity (Wildman–Crippen MR) is 63.1 cm³/mol. The number of nitrogens with one attached hydrogen (secondary N) is 2. The zero-order valence-electron chi connectivity index (χ0n) is 9.42. The molecule has 1 aromatic carbocycles. The molecule has 0 saturated heterocycles. The largest absolute Gasteiger partial charge is 0.355 e. The number of halogens is 1. The Morgan fingerprint density at radius 1 is 1.44 bits per heavy atom. The maximum atomic E-state index is 12.9. The topological polar surface area (TPSA) is 44.0 Å².